The smallest absolute Gasteiger partial charge is 0.242 e. The van der Waals surface area contributed by atoms with Gasteiger partial charge in [0.05, 0.1) is 4.90 Å². The van der Waals surface area contributed by atoms with Crippen LogP contribution in [0.1, 0.15) is 20.8 Å². The van der Waals surface area contributed by atoms with Crippen LogP contribution < -0.4 is 5.32 Å². The summed E-state index contributed by atoms with van der Waals surface area (Å²) < 4.78 is 25.2. The van der Waals surface area contributed by atoms with Crippen molar-refractivity contribution < 1.29 is 8.42 Å². The van der Waals surface area contributed by atoms with E-state index in [4.69, 9.17) is 0 Å². The van der Waals surface area contributed by atoms with E-state index in [0.29, 0.717) is 10.9 Å². The summed E-state index contributed by atoms with van der Waals surface area (Å²) in [5.41, 5.74) is 0.937. The van der Waals surface area contributed by atoms with Crippen LogP contribution in [0, 0.1) is 0 Å². The van der Waals surface area contributed by atoms with Gasteiger partial charge in [0.25, 0.3) is 0 Å². The first-order valence-electron chi connectivity index (χ1n) is 7.32. The molecule has 1 N–H and O–H groups in total. The Morgan fingerprint density at radius 1 is 1.10 bits per heavy atom. The summed E-state index contributed by atoms with van der Waals surface area (Å²) in [6.07, 6.45) is 0. The van der Waals surface area contributed by atoms with Crippen LogP contribution in [0.15, 0.2) is 29.2 Å². The van der Waals surface area contributed by atoms with E-state index in [-0.39, 0.29) is 0 Å². The summed E-state index contributed by atoms with van der Waals surface area (Å²) in [6, 6.07) is 7.22. The molecule has 0 aliphatic heterocycles. The summed E-state index contributed by atoms with van der Waals surface area (Å²) in [7, 11) is -0.281. The summed E-state index contributed by atoms with van der Waals surface area (Å²) in [4.78, 5) is 2.66. The van der Waals surface area contributed by atoms with E-state index in [1.165, 1.54) is 18.4 Å². The van der Waals surface area contributed by atoms with Gasteiger partial charge in [-0.3, -0.25) is 0 Å². The van der Waals surface area contributed by atoms with Crippen molar-refractivity contribution in [3.8, 4) is 0 Å². The van der Waals surface area contributed by atoms with E-state index in [2.05, 4.69) is 31.0 Å². The number of anilines is 1. The number of hydrogen-bond donors (Lipinski definition) is 1. The predicted molar refractivity (Wildman–Crippen MR) is 88.2 cm³/mol. The molecule has 0 radical (unpaired) electrons. The minimum absolute atomic E-state index is 0.307. The summed E-state index contributed by atoms with van der Waals surface area (Å²) >= 11 is 0. The standard InChI is InChI=1S/C15H27N3O2S/c1-6-18(7-2)12-13(3)16-14-8-10-15(11-9-14)21(19,20)17(4)5/h8-11,13,16H,6-7,12H2,1-5H3. The van der Waals surface area contributed by atoms with E-state index >= 15 is 0 Å². The van der Waals surface area contributed by atoms with Crippen molar-refractivity contribution in [2.75, 3.05) is 39.0 Å². The number of likely N-dealkylation sites (N-methyl/N-ethyl adjacent to an activating group) is 1. The molecular weight excluding hydrogens is 286 g/mol. The van der Waals surface area contributed by atoms with Crippen molar-refractivity contribution in [3.63, 3.8) is 0 Å². The first-order chi connectivity index (χ1) is 9.81. The molecule has 1 aromatic carbocycles. The molecule has 0 aliphatic rings. The minimum Gasteiger partial charge on any atom is -0.381 e. The highest BCUT2D eigenvalue weighted by atomic mass is 32.2. The lowest BCUT2D eigenvalue weighted by molar-refractivity contribution is 0.295. The quantitative estimate of drug-likeness (QED) is 0.798. The van der Waals surface area contributed by atoms with Gasteiger partial charge in [0.1, 0.15) is 0 Å². The first kappa shape index (κ1) is 17.9. The van der Waals surface area contributed by atoms with Gasteiger partial charge in [-0.25, -0.2) is 12.7 Å². The van der Waals surface area contributed by atoms with Crippen LogP contribution in [0.5, 0.6) is 0 Å². The molecule has 1 aromatic rings. The number of nitrogens with zero attached hydrogens (tertiary/aromatic N) is 2. The Labute approximate surface area is 129 Å². The third-order valence-electron chi connectivity index (χ3n) is 3.47. The monoisotopic (exact) mass is 313 g/mol. The van der Waals surface area contributed by atoms with Crippen molar-refractivity contribution in [3.05, 3.63) is 24.3 Å². The van der Waals surface area contributed by atoms with Crippen molar-refractivity contribution >= 4 is 15.7 Å². The summed E-state index contributed by atoms with van der Waals surface area (Å²) in [5.74, 6) is 0. The number of hydrogen-bond acceptors (Lipinski definition) is 4. The summed E-state index contributed by atoms with van der Waals surface area (Å²) in [6.45, 7) is 9.45. The highest BCUT2D eigenvalue weighted by Crippen LogP contribution is 2.17. The zero-order valence-electron chi connectivity index (χ0n) is 13.6. The molecule has 1 unspecified atom stereocenters. The maximum atomic E-state index is 12.0. The SMILES string of the molecule is CCN(CC)CC(C)Nc1ccc(S(=O)(=O)N(C)C)cc1. The molecule has 0 amide bonds. The van der Waals surface area contributed by atoms with Crippen LogP contribution in [0.2, 0.25) is 0 Å². The van der Waals surface area contributed by atoms with E-state index in [9.17, 15) is 8.42 Å². The largest absolute Gasteiger partial charge is 0.381 e. The number of nitrogens with one attached hydrogen (secondary N) is 1. The summed E-state index contributed by atoms with van der Waals surface area (Å²) in [5, 5.41) is 3.40. The van der Waals surface area contributed by atoms with Crippen molar-refractivity contribution in [1.82, 2.24) is 9.21 Å². The molecule has 0 saturated carbocycles. The van der Waals surface area contributed by atoms with Gasteiger partial charge < -0.3 is 10.2 Å². The molecule has 0 bridgehead atoms. The molecule has 0 heterocycles. The highest BCUT2D eigenvalue weighted by molar-refractivity contribution is 7.89. The van der Waals surface area contributed by atoms with Crippen LogP contribution in [0.4, 0.5) is 5.69 Å². The van der Waals surface area contributed by atoms with Gasteiger partial charge in [0.15, 0.2) is 0 Å². The van der Waals surface area contributed by atoms with Gasteiger partial charge in [0.2, 0.25) is 10.0 Å². The molecule has 5 nitrogen and oxygen atoms in total. The average molecular weight is 313 g/mol. The van der Waals surface area contributed by atoms with Gasteiger partial charge in [-0.15, -0.1) is 0 Å². The molecular formula is C15H27N3O2S. The van der Waals surface area contributed by atoms with Crippen molar-refractivity contribution in [1.29, 1.82) is 0 Å². The molecule has 0 fully saturated rings. The fraction of sp³-hybridized carbons (Fsp3) is 0.600. The Morgan fingerprint density at radius 3 is 2.05 bits per heavy atom. The first-order valence-corrected chi connectivity index (χ1v) is 8.76. The fourth-order valence-electron chi connectivity index (χ4n) is 2.13. The lowest BCUT2D eigenvalue weighted by Gasteiger charge is -2.24. The van der Waals surface area contributed by atoms with Crippen LogP contribution in [-0.2, 0) is 10.0 Å². The van der Waals surface area contributed by atoms with E-state index in [1.807, 2.05) is 12.1 Å². The Hall–Kier alpha value is -1.11. The molecule has 0 aliphatic carbocycles. The van der Waals surface area contributed by atoms with Crippen LogP contribution in [0.3, 0.4) is 0 Å². The lowest BCUT2D eigenvalue weighted by Crippen LogP contribution is -2.34. The number of rotatable bonds is 8. The molecule has 1 rings (SSSR count). The number of benzene rings is 1. The third-order valence-corrected chi connectivity index (χ3v) is 5.30. The van der Waals surface area contributed by atoms with Crippen LogP contribution >= 0.6 is 0 Å². The zero-order valence-corrected chi connectivity index (χ0v) is 14.4. The minimum atomic E-state index is -3.35. The topological polar surface area (TPSA) is 52.7 Å². The van der Waals surface area contributed by atoms with Crippen LogP contribution in [-0.4, -0.2) is 57.4 Å². The molecule has 0 spiro atoms. The molecule has 0 saturated heterocycles. The highest BCUT2D eigenvalue weighted by Gasteiger charge is 2.16. The fourth-order valence-corrected chi connectivity index (χ4v) is 3.03. The Kier molecular flexibility index (Phi) is 6.64. The Morgan fingerprint density at radius 2 is 1.62 bits per heavy atom. The third kappa shape index (κ3) is 4.98. The maximum Gasteiger partial charge on any atom is 0.242 e. The van der Waals surface area contributed by atoms with Gasteiger partial charge in [-0.1, -0.05) is 13.8 Å². The second-order valence-corrected chi connectivity index (χ2v) is 7.49. The van der Waals surface area contributed by atoms with E-state index < -0.39 is 10.0 Å². The lowest BCUT2D eigenvalue weighted by atomic mass is 10.2. The van der Waals surface area contributed by atoms with Gasteiger partial charge in [-0.05, 0) is 44.3 Å². The maximum absolute atomic E-state index is 12.0. The molecule has 1 atom stereocenters. The second-order valence-electron chi connectivity index (χ2n) is 5.34. The predicted octanol–water partition coefficient (Wildman–Crippen LogP) is 2.08. The van der Waals surface area contributed by atoms with Gasteiger partial charge >= 0.3 is 0 Å². The van der Waals surface area contributed by atoms with E-state index in [0.717, 1.165) is 25.3 Å². The van der Waals surface area contributed by atoms with Crippen LogP contribution in [0.25, 0.3) is 0 Å². The molecule has 6 heteroatoms. The Bertz CT molecular complexity index is 522. The van der Waals surface area contributed by atoms with E-state index in [1.54, 1.807) is 12.1 Å². The van der Waals surface area contributed by atoms with Crippen molar-refractivity contribution in [2.24, 2.45) is 0 Å². The second kappa shape index (κ2) is 7.77. The number of sulfonamides is 1. The van der Waals surface area contributed by atoms with Gasteiger partial charge in [-0.2, -0.15) is 0 Å². The van der Waals surface area contributed by atoms with Gasteiger partial charge in [0, 0.05) is 32.4 Å². The molecule has 120 valence electrons. The molecule has 0 aromatic heterocycles. The average Bonchev–Trinajstić information content (AvgIpc) is 2.45. The normalized spacial score (nSPS) is 13.7. The van der Waals surface area contributed by atoms with Crippen molar-refractivity contribution in [2.45, 2.75) is 31.7 Å². The molecule has 21 heavy (non-hydrogen) atoms. The zero-order chi connectivity index (χ0) is 16.0. The Balaban J connectivity index is 2.71.